The molecule has 0 bridgehead atoms. The fourth-order valence-electron chi connectivity index (χ4n) is 5.26. The van der Waals surface area contributed by atoms with Crippen LogP contribution < -0.4 is 14.9 Å². The molecule has 9 heteroatoms. The van der Waals surface area contributed by atoms with E-state index in [1.165, 1.54) is 0 Å². The molecule has 39 heavy (non-hydrogen) atoms. The lowest BCUT2D eigenvalue weighted by atomic mass is 9.98. The molecule has 0 N–H and O–H groups in total. The van der Waals surface area contributed by atoms with Crippen LogP contribution in [0.1, 0.15) is 60.8 Å². The summed E-state index contributed by atoms with van der Waals surface area (Å²) < 4.78 is 24.4. The maximum absolute atomic E-state index is 13.9. The molecular formula is C30H35BrN2O6. The summed E-state index contributed by atoms with van der Waals surface area (Å²) >= 11 is 3.46. The number of ether oxygens (including phenoxy) is 3. The fraction of sp³-hybridized carbons (Fsp3) is 0.467. The van der Waals surface area contributed by atoms with Crippen molar-refractivity contribution < 1.29 is 23.4 Å². The van der Waals surface area contributed by atoms with Crippen molar-refractivity contribution in [3.05, 3.63) is 68.0 Å². The van der Waals surface area contributed by atoms with Gasteiger partial charge in [0, 0.05) is 30.7 Å². The Labute approximate surface area is 236 Å². The SMILES string of the molecule is CCCCCOc1ccc(C2c3c(oc4ccc(Br)cc4c3=O)C(=O)N2CCN2CCOCC2)cc1OCC. The third-order valence-electron chi connectivity index (χ3n) is 7.28. The van der Waals surface area contributed by atoms with Crippen LogP contribution in [0, 0.1) is 0 Å². The second-order valence-electron chi connectivity index (χ2n) is 9.86. The molecule has 0 spiro atoms. The summed E-state index contributed by atoms with van der Waals surface area (Å²) in [6.45, 7) is 9.26. The van der Waals surface area contributed by atoms with E-state index in [0.29, 0.717) is 67.5 Å². The number of carbonyl (C=O) groups excluding carboxylic acids is 1. The van der Waals surface area contributed by atoms with Crippen molar-refractivity contribution in [2.45, 2.75) is 39.2 Å². The Hall–Kier alpha value is -2.88. The second-order valence-corrected chi connectivity index (χ2v) is 10.8. The zero-order valence-electron chi connectivity index (χ0n) is 22.5. The number of amides is 1. The molecule has 2 aliphatic rings. The van der Waals surface area contributed by atoms with E-state index in [1.807, 2.05) is 25.1 Å². The number of carbonyl (C=O) groups is 1. The van der Waals surface area contributed by atoms with Gasteiger partial charge in [-0.2, -0.15) is 0 Å². The topological polar surface area (TPSA) is 81.5 Å². The van der Waals surface area contributed by atoms with Crippen molar-refractivity contribution in [1.29, 1.82) is 0 Å². The summed E-state index contributed by atoms with van der Waals surface area (Å²) in [5.41, 5.74) is 1.36. The van der Waals surface area contributed by atoms with E-state index in [0.717, 1.165) is 42.4 Å². The number of unbranched alkanes of at least 4 members (excludes halogenated alkanes) is 2. The monoisotopic (exact) mass is 598 g/mol. The van der Waals surface area contributed by atoms with E-state index >= 15 is 0 Å². The minimum Gasteiger partial charge on any atom is -0.490 e. The molecule has 0 aliphatic carbocycles. The Morgan fingerprint density at radius 2 is 1.79 bits per heavy atom. The highest BCUT2D eigenvalue weighted by molar-refractivity contribution is 9.10. The first-order valence-electron chi connectivity index (χ1n) is 13.8. The van der Waals surface area contributed by atoms with Crippen LogP contribution in [0.25, 0.3) is 11.0 Å². The van der Waals surface area contributed by atoms with Crippen LogP contribution >= 0.6 is 15.9 Å². The summed E-state index contributed by atoms with van der Waals surface area (Å²) in [7, 11) is 0. The molecular weight excluding hydrogens is 564 g/mol. The van der Waals surface area contributed by atoms with Gasteiger partial charge in [0.05, 0.1) is 43.4 Å². The number of fused-ring (bicyclic) bond motifs is 2. The number of benzene rings is 2. The minimum absolute atomic E-state index is 0.111. The van der Waals surface area contributed by atoms with Crippen LogP contribution in [0.5, 0.6) is 11.5 Å². The van der Waals surface area contributed by atoms with Crippen LogP contribution in [0.3, 0.4) is 0 Å². The summed E-state index contributed by atoms with van der Waals surface area (Å²) in [5, 5.41) is 0.442. The van der Waals surface area contributed by atoms with E-state index in [1.54, 1.807) is 23.1 Å². The van der Waals surface area contributed by atoms with E-state index in [4.69, 9.17) is 18.6 Å². The van der Waals surface area contributed by atoms with Gasteiger partial charge < -0.3 is 23.5 Å². The first-order valence-corrected chi connectivity index (χ1v) is 14.6. The lowest BCUT2D eigenvalue weighted by molar-refractivity contribution is 0.0314. The largest absolute Gasteiger partial charge is 0.490 e. The average molecular weight is 600 g/mol. The molecule has 1 atom stereocenters. The highest BCUT2D eigenvalue weighted by atomic mass is 79.9. The first kappa shape index (κ1) is 27.7. The van der Waals surface area contributed by atoms with Crippen LogP contribution in [-0.2, 0) is 4.74 Å². The molecule has 8 nitrogen and oxygen atoms in total. The number of nitrogens with zero attached hydrogens (tertiary/aromatic N) is 2. The molecule has 1 aromatic heterocycles. The Bertz CT molecular complexity index is 1380. The van der Waals surface area contributed by atoms with Crippen LogP contribution in [0.2, 0.25) is 0 Å². The van der Waals surface area contributed by atoms with Gasteiger partial charge in [-0.25, -0.2) is 0 Å². The highest BCUT2D eigenvalue weighted by Crippen LogP contribution is 2.41. The van der Waals surface area contributed by atoms with E-state index < -0.39 is 6.04 Å². The maximum Gasteiger partial charge on any atom is 0.290 e. The molecule has 3 heterocycles. The third-order valence-corrected chi connectivity index (χ3v) is 7.77. The molecule has 0 saturated carbocycles. The molecule has 1 unspecified atom stereocenters. The van der Waals surface area contributed by atoms with E-state index in [9.17, 15) is 9.59 Å². The first-order chi connectivity index (χ1) is 19.0. The Morgan fingerprint density at radius 1 is 0.974 bits per heavy atom. The van der Waals surface area contributed by atoms with Gasteiger partial charge in [0.2, 0.25) is 5.76 Å². The number of rotatable bonds is 11. The Kier molecular flexibility index (Phi) is 8.89. The molecule has 1 amide bonds. The Balaban J connectivity index is 1.55. The standard InChI is InChI=1S/C30H35BrN2O6/c1-3-5-6-15-38-24-9-7-20(18-25(24)37-4-2)27-26-28(34)22-19-21(31)8-10-23(22)39-29(26)30(35)33(27)12-11-32-13-16-36-17-14-32/h7-10,18-19,27H,3-6,11-17H2,1-2H3. The molecule has 2 aromatic carbocycles. The van der Waals surface area contributed by atoms with Gasteiger partial charge in [-0.05, 0) is 49.2 Å². The lowest BCUT2D eigenvalue weighted by Crippen LogP contribution is -2.42. The van der Waals surface area contributed by atoms with E-state index in [-0.39, 0.29) is 17.1 Å². The number of morpholine rings is 1. The maximum atomic E-state index is 13.9. The number of halogens is 1. The van der Waals surface area contributed by atoms with Crippen molar-refractivity contribution in [1.82, 2.24) is 9.80 Å². The molecule has 208 valence electrons. The Morgan fingerprint density at radius 3 is 2.56 bits per heavy atom. The zero-order valence-corrected chi connectivity index (χ0v) is 24.1. The van der Waals surface area contributed by atoms with Gasteiger partial charge in [-0.15, -0.1) is 0 Å². The van der Waals surface area contributed by atoms with Gasteiger partial charge in [0.15, 0.2) is 16.9 Å². The van der Waals surface area contributed by atoms with Gasteiger partial charge in [-0.3, -0.25) is 14.5 Å². The lowest BCUT2D eigenvalue weighted by Gasteiger charge is -2.31. The average Bonchev–Trinajstić information content (AvgIpc) is 3.23. The zero-order chi connectivity index (χ0) is 27.4. The summed E-state index contributed by atoms with van der Waals surface area (Å²) in [6, 6.07) is 10.4. The van der Waals surface area contributed by atoms with Gasteiger partial charge in [-0.1, -0.05) is 41.8 Å². The molecule has 0 radical (unpaired) electrons. The second kappa shape index (κ2) is 12.5. The van der Waals surface area contributed by atoms with Gasteiger partial charge >= 0.3 is 0 Å². The van der Waals surface area contributed by atoms with Crippen LogP contribution in [0.15, 0.2) is 50.1 Å². The van der Waals surface area contributed by atoms with E-state index in [2.05, 4.69) is 27.8 Å². The predicted octanol–water partition coefficient (Wildman–Crippen LogP) is 5.40. The predicted molar refractivity (Wildman–Crippen MR) is 153 cm³/mol. The summed E-state index contributed by atoms with van der Waals surface area (Å²) in [4.78, 5) is 31.7. The van der Waals surface area contributed by atoms with Crippen molar-refractivity contribution in [3.8, 4) is 11.5 Å². The number of hydrogen-bond donors (Lipinski definition) is 0. The highest BCUT2D eigenvalue weighted by Gasteiger charge is 2.43. The van der Waals surface area contributed by atoms with Crippen LogP contribution in [0.4, 0.5) is 0 Å². The smallest absolute Gasteiger partial charge is 0.290 e. The summed E-state index contributed by atoms with van der Waals surface area (Å²) in [6.07, 6.45) is 3.18. The third kappa shape index (κ3) is 5.85. The molecule has 1 fully saturated rings. The van der Waals surface area contributed by atoms with Crippen molar-refractivity contribution in [2.24, 2.45) is 0 Å². The summed E-state index contributed by atoms with van der Waals surface area (Å²) in [5.74, 6) is 1.10. The molecule has 1 saturated heterocycles. The molecule has 3 aromatic rings. The van der Waals surface area contributed by atoms with Gasteiger partial charge in [0.25, 0.3) is 5.91 Å². The number of hydrogen-bond acceptors (Lipinski definition) is 7. The normalized spacial score (nSPS) is 17.6. The van der Waals surface area contributed by atoms with Crippen LogP contribution in [-0.4, -0.2) is 68.3 Å². The van der Waals surface area contributed by atoms with Crippen molar-refractivity contribution in [3.63, 3.8) is 0 Å². The van der Waals surface area contributed by atoms with Crippen molar-refractivity contribution in [2.75, 3.05) is 52.6 Å². The molecule has 5 rings (SSSR count). The molecule has 2 aliphatic heterocycles. The fourth-order valence-corrected chi connectivity index (χ4v) is 5.62. The van der Waals surface area contributed by atoms with Crippen molar-refractivity contribution >= 4 is 32.8 Å². The quantitative estimate of drug-likeness (QED) is 0.273. The minimum atomic E-state index is -0.596. The van der Waals surface area contributed by atoms with Gasteiger partial charge in [0.1, 0.15) is 5.58 Å².